The van der Waals surface area contributed by atoms with Crippen LogP contribution in [0, 0.1) is 16.7 Å². The van der Waals surface area contributed by atoms with E-state index in [0.29, 0.717) is 17.4 Å². The fourth-order valence-electron chi connectivity index (χ4n) is 0.853. The highest BCUT2D eigenvalue weighted by Crippen LogP contribution is 2.20. The van der Waals surface area contributed by atoms with Crippen molar-refractivity contribution in [2.24, 2.45) is 5.41 Å². The Bertz CT molecular complexity index is 355. The van der Waals surface area contributed by atoms with Crippen molar-refractivity contribution in [2.75, 3.05) is 6.61 Å². The molecular weight excluding hydrogens is 198 g/mol. The summed E-state index contributed by atoms with van der Waals surface area (Å²) in [6.07, 6.45) is 0. The van der Waals surface area contributed by atoms with Gasteiger partial charge in [-0.3, -0.25) is 0 Å². The highest BCUT2D eigenvalue weighted by atomic mass is 35.5. The van der Waals surface area contributed by atoms with Crippen LogP contribution >= 0.6 is 11.6 Å². The van der Waals surface area contributed by atoms with Gasteiger partial charge in [0.2, 0.25) is 0 Å². The van der Waals surface area contributed by atoms with Gasteiger partial charge in [0.15, 0.2) is 0 Å². The number of rotatable bonds is 3. The second kappa shape index (κ2) is 4.34. The lowest BCUT2D eigenvalue weighted by atomic mass is 9.98. The van der Waals surface area contributed by atoms with Crippen molar-refractivity contribution in [1.29, 1.82) is 5.26 Å². The highest BCUT2D eigenvalue weighted by Gasteiger charge is 2.17. The lowest BCUT2D eigenvalue weighted by molar-refractivity contribution is 0.227. The summed E-state index contributed by atoms with van der Waals surface area (Å²) in [4.78, 5) is 0. The predicted octanol–water partition coefficient (Wildman–Crippen LogP) is 3.27. The Morgan fingerprint density at radius 3 is 2.79 bits per heavy atom. The number of halogens is 1. The van der Waals surface area contributed by atoms with E-state index < -0.39 is 5.41 Å². The smallest absolute Gasteiger partial charge is 0.120 e. The molecule has 0 unspecified atom stereocenters. The maximum atomic E-state index is 8.77. The fraction of sp³-hybridized carbons (Fsp3) is 0.364. The first kappa shape index (κ1) is 10.9. The van der Waals surface area contributed by atoms with Crippen LogP contribution in [0.1, 0.15) is 13.8 Å². The summed E-state index contributed by atoms with van der Waals surface area (Å²) in [5.41, 5.74) is -0.470. The van der Waals surface area contributed by atoms with Crippen molar-refractivity contribution in [2.45, 2.75) is 13.8 Å². The van der Waals surface area contributed by atoms with Gasteiger partial charge in [-0.25, -0.2) is 0 Å². The normalized spacial score (nSPS) is 10.7. The molecule has 0 aliphatic heterocycles. The third kappa shape index (κ3) is 3.27. The van der Waals surface area contributed by atoms with Crippen LogP contribution in [0.2, 0.25) is 5.02 Å². The Labute approximate surface area is 89.1 Å². The fourth-order valence-corrected chi connectivity index (χ4v) is 1.03. The summed E-state index contributed by atoms with van der Waals surface area (Å²) in [6, 6.07) is 9.32. The summed E-state index contributed by atoms with van der Waals surface area (Å²) in [5, 5.41) is 9.41. The summed E-state index contributed by atoms with van der Waals surface area (Å²) in [7, 11) is 0. The van der Waals surface area contributed by atoms with Crippen LogP contribution in [0.3, 0.4) is 0 Å². The van der Waals surface area contributed by atoms with E-state index in [-0.39, 0.29) is 0 Å². The van der Waals surface area contributed by atoms with Crippen molar-refractivity contribution in [1.82, 2.24) is 0 Å². The molecule has 1 rings (SSSR count). The second-order valence-corrected chi connectivity index (χ2v) is 4.18. The Kier molecular flexibility index (Phi) is 3.38. The summed E-state index contributed by atoms with van der Waals surface area (Å²) < 4.78 is 5.44. The summed E-state index contributed by atoms with van der Waals surface area (Å²) in [6.45, 7) is 4.03. The van der Waals surface area contributed by atoms with Crippen molar-refractivity contribution in [3.8, 4) is 11.8 Å². The van der Waals surface area contributed by atoms with Crippen molar-refractivity contribution in [3.05, 3.63) is 29.3 Å². The number of benzene rings is 1. The molecule has 14 heavy (non-hydrogen) atoms. The van der Waals surface area contributed by atoms with Crippen molar-refractivity contribution >= 4 is 11.6 Å². The monoisotopic (exact) mass is 209 g/mol. The Morgan fingerprint density at radius 1 is 1.50 bits per heavy atom. The maximum absolute atomic E-state index is 8.77. The number of ether oxygens (including phenoxy) is 1. The first-order valence-electron chi connectivity index (χ1n) is 4.33. The van der Waals surface area contributed by atoms with Gasteiger partial charge in [-0.2, -0.15) is 5.26 Å². The van der Waals surface area contributed by atoms with Crippen LogP contribution < -0.4 is 4.74 Å². The molecule has 74 valence electrons. The quantitative estimate of drug-likeness (QED) is 0.766. The number of nitriles is 1. The van der Waals surface area contributed by atoms with Gasteiger partial charge in [0.05, 0.1) is 11.5 Å². The van der Waals surface area contributed by atoms with E-state index >= 15 is 0 Å². The molecule has 0 saturated carbocycles. The van der Waals surface area contributed by atoms with Crippen LogP contribution in [-0.4, -0.2) is 6.61 Å². The van der Waals surface area contributed by atoms with E-state index in [0.717, 1.165) is 0 Å². The minimum atomic E-state index is -0.470. The van der Waals surface area contributed by atoms with Crippen molar-refractivity contribution < 1.29 is 4.74 Å². The van der Waals surface area contributed by atoms with Gasteiger partial charge in [0.1, 0.15) is 12.4 Å². The average molecular weight is 210 g/mol. The molecule has 0 heterocycles. The molecule has 2 nitrogen and oxygen atoms in total. The van der Waals surface area contributed by atoms with Gasteiger partial charge in [-0.15, -0.1) is 0 Å². The summed E-state index contributed by atoms with van der Waals surface area (Å²) in [5.74, 6) is 0.695. The van der Waals surface area contributed by atoms with E-state index in [1.807, 2.05) is 26.0 Å². The van der Waals surface area contributed by atoms with E-state index in [1.165, 1.54) is 0 Å². The van der Waals surface area contributed by atoms with Gasteiger partial charge in [0.25, 0.3) is 0 Å². The maximum Gasteiger partial charge on any atom is 0.120 e. The standard InChI is InChI=1S/C11H12ClNO/c1-11(2,7-13)8-14-10-5-3-4-9(12)6-10/h3-6H,8H2,1-2H3. The predicted molar refractivity (Wildman–Crippen MR) is 56.3 cm³/mol. The molecule has 0 radical (unpaired) electrons. The third-order valence-corrected chi connectivity index (χ3v) is 1.93. The van der Waals surface area contributed by atoms with Crippen LogP contribution in [0.15, 0.2) is 24.3 Å². The molecule has 0 aliphatic rings. The highest BCUT2D eigenvalue weighted by molar-refractivity contribution is 6.30. The largest absolute Gasteiger partial charge is 0.492 e. The van der Waals surface area contributed by atoms with Gasteiger partial charge in [0, 0.05) is 5.02 Å². The molecular formula is C11H12ClNO. The zero-order chi connectivity index (χ0) is 10.6. The SMILES string of the molecule is CC(C)(C#N)COc1cccc(Cl)c1. The molecule has 1 aromatic rings. The van der Waals surface area contributed by atoms with E-state index in [4.69, 9.17) is 21.6 Å². The van der Waals surface area contributed by atoms with Crippen LogP contribution in [0.25, 0.3) is 0 Å². The van der Waals surface area contributed by atoms with Crippen LogP contribution in [0.4, 0.5) is 0 Å². The zero-order valence-electron chi connectivity index (χ0n) is 8.25. The van der Waals surface area contributed by atoms with Gasteiger partial charge >= 0.3 is 0 Å². The number of hydrogen-bond acceptors (Lipinski definition) is 2. The molecule has 0 aliphatic carbocycles. The van der Waals surface area contributed by atoms with Crippen LogP contribution in [-0.2, 0) is 0 Å². The molecule has 0 fully saturated rings. The topological polar surface area (TPSA) is 33.0 Å². The van der Waals surface area contributed by atoms with Gasteiger partial charge in [-0.1, -0.05) is 17.7 Å². The number of nitrogens with zero attached hydrogens (tertiary/aromatic N) is 1. The van der Waals surface area contributed by atoms with E-state index in [1.54, 1.807) is 12.1 Å². The summed E-state index contributed by atoms with van der Waals surface area (Å²) >= 11 is 5.78. The molecule has 0 bridgehead atoms. The second-order valence-electron chi connectivity index (χ2n) is 3.74. The van der Waals surface area contributed by atoms with Crippen LogP contribution in [0.5, 0.6) is 5.75 Å². The Hall–Kier alpha value is -1.20. The average Bonchev–Trinajstić information content (AvgIpc) is 2.15. The molecule has 0 atom stereocenters. The van der Waals surface area contributed by atoms with Crippen molar-refractivity contribution in [3.63, 3.8) is 0 Å². The molecule has 0 saturated heterocycles. The first-order valence-corrected chi connectivity index (χ1v) is 4.71. The number of hydrogen-bond donors (Lipinski definition) is 0. The molecule has 0 amide bonds. The minimum Gasteiger partial charge on any atom is -0.492 e. The van der Waals surface area contributed by atoms with E-state index in [2.05, 4.69) is 6.07 Å². The zero-order valence-corrected chi connectivity index (χ0v) is 9.01. The molecule has 3 heteroatoms. The molecule has 1 aromatic carbocycles. The Morgan fingerprint density at radius 2 is 2.21 bits per heavy atom. The molecule has 0 spiro atoms. The first-order chi connectivity index (χ1) is 6.53. The molecule has 0 N–H and O–H groups in total. The Balaban J connectivity index is 2.59. The lowest BCUT2D eigenvalue weighted by Crippen LogP contribution is -2.18. The minimum absolute atomic E-state index is 0.365. The molecule has 0 aromatic heterocycles. The lowest BCUT2D eigenvalue weighted by Gasteiger charge is -2.15. The van der Waals surface area contributed by atoms with E-state index in [9.17, 15) is 0 Å². The van der Waals surface area contributed by atoms with Gasteiger partial charge in [-0.05, 0) is 32.0 Å². The van der Waals surface area contributed by atoms with Gasteiger partial charge < -0.3 is 4.74 Å². The third-order valence-electron chi connectivity index (χ3n) is 1.70.